The van der Waals surface area contributed by atoms with Crippen LogP contribution < -0.4 is 4.90 Å². The van der Waals surface area contributed by atoms with Crippen LogP contribution in [0.1, 0.15) is 48.0 Å². The van der Waals surface area contributed by atoms with E-state index in [-0.39, 0.29) is 5.97 Å². The summed E-state index contributed by atoms with van der Waals surface area (Å²) < 4.78 is 6.16. The molecule has 1 fully saturated rings. The molecule has 1 saturated carbocycles. The standard InChI is InChI=1S/C24H28N2O2/c1-26(2)19-24(28-22(27)20-10-5-3-6-11-20)15-9-14-23(18-25,16-17-24)21-12-7-4-8-13-21/h3-8,10-13H,9,14-17,19H2,1-2H3/p+1/t23-,24+/m1/s1. The summed E-state index contributed by atoms with van der Waals surface area (Å²) in [5.41, 5.74) is 0.595. The predicted octanol–water partition coefficient (Wildman–Crippen LogP) is 3.15. The zero-order valence-corrected chi connectivity index (χ0v) is 16.8. The molecule has 0 aromatic heterocycles. The highest BCUT2D eigenvalue weighted by Crippen LogP contribution is 2.42. The lowest BCUT2D eigenvalue weighted by atomic mass is 9.75. The SMILES string of the molecule is C[NH+](C)C[C@]1(OC(=O)c2ccccc2)CCC[C@@](C#N)(c2ccccc2)CC1. The van der Waals surface area contributed by atoms with Crippen molar-refractivity contribution in [1.29, 1.82) is 5.26 Å². The van der Waals surface area contributed by atoms with E-state index in [1.165, 1.54) is 4.90 Å². The van der Waals surface area contributed by atoms with Crippen molar-refractivity contribution in [3.05, 3.63) is 71.8 Å². The van der Waals surface area contributed by atoms with Crippen LogP contribution >= 0.6 is 0 Å². The largest absolute Gasteiger partial charge is 0.449 e. The molecule has 0 saturated heterocycles. The molecule has 0 unspecified atom stereocenters. The Bertz CT molecular complexity index is 829. The number of carbonyl (C=O) groups is 1. The maximum Gasteiger partial charge on any atom is 0.338 e. The van der Waals surface area contributed by atoms with Crippen molar-refractivity contribution >= 4 is 5.97 Å². The van der Waals surface area contributed by atoms with Crippen LogP contribution in [0.5, 0.6) is 0 Å². The van der Waals surface area contributed by atoms with E-state index in [9.17, 15) is 10.1 Å². The van der Waals surface area contributed by atoms with Crippen LogP contribution in [-0.4, -0.2) is 32.2 Å². The zero-order valence-electron chi connectivity index (χ0n) is 16.8. The molecule has 1 N–H and O–H groups in total. The lowest BCUT2D eigenvalue weighted by Crippen LogP contribution is -3.08. The first-order chi connectivity index (χ1) is 13.5. The molecule has 1 aliphatic carbocycles. The third-order valence-corrected chi connectivity index (χ3v) is 5.78. The number of hydrogen-bond donors (Lipinski definition) is 1. The number of nitrogens with one attached hydrogen (secondary N) is 1. The van der Waals surface area contributed by atoms with Crippen molar-refractivity contribution in [2.45, 2.75) is 43.1 Å². The van der Waals surface area contributed by atoms with Gasteiger partial charge in [0.1, 0.15) is 6.54 Å². The van der Waals surface area contributed by atoms with E-state index in [1.807, 2.05) is 48.5 Å². The van der Waals surface area contributed by atoms with Gasteiger partial charge in [0.05, 0.1) is 31.1 Å². The normalized spacial score (nSPS) is 24.9. The summed E-state index contributed by atoms with van der Waals surface area (Å²) in [6.07, 6.45) is 3.83. The molecule has 2 aromatic rings. The predicted molar refractivity (Wildman–Crippen MR) is 109 cm³/mol. The number of ether oxygens (including phenoxy) is 1. The van der Waals surface area contributed by atoms with Crippen molar-refractivity contribution < 1.29 is 14.4 Å². The van der Waals surface area contributed by atoms with E-state index in [0.717, 1.165) is 31.4 Å². The van der Waals surface area contributed by atoms with Crippen LogP contribution in [0.3, 0.4) is 0 Å². The summed E-state index contributed by atoms with van der Waals surface area (Å²) in [6, 6.07) is 21.8. The molecule has 0 amide bonds. The molecule has 0 bridgehead atoms. The number of benzene rings is 2. The maximum atomic E-state index is 12.8. The highest BCUT2D eigenvalue weighted by atomic mass is 16.6. The summed E-state index contributed by atoms with van der Waals surface area (Å²) in [5, 5.41) is 10.1. The highest BCUT2D eigenvalue weighted by molar-refractivity contribution is 5.89. The van der Waals surface area contributed by atoms with Gasteiger partial charge in [-0.1, -0.05) is 48.5 Å². The van der Waals surface area contributed by atoms with Crippen LogP contribution in [-0.2, 0) is 10.2 Å². The van der Waals surface area contributed by atoms with E-state index in [1.54, 1.807) is 12.1 Å². The zero-order chi connectivity index (χ0) is 20.0. The summed E-state index contributed by atoms with van der Waals surface area (Å²) in [5.74, 6) is -0.272. The van der Waals surface area contributed by atoms with Gasteiger partial charge in [0.25, 0.3) is 0 Å². The Kier molecular flexibility index (Phi) is 6.16. The molecule has 0 radical (unpaired) electrons. The maximum absolute atomic E-state index is 12.8. The fourth-order valence-corrected chi connectivity index (χ4v) is 4.41. The van der Waals surface area contributed by atoms with Crippen molar-refractivity contribution in [2.75, 3.05) is 20.6 Å². The first-order valence-corrected chi connectivity index (χ1v) is 10.0. The van der Waals surface area contributed by atoms with Crippen molar-refractivity contribution in [1.82, 2.24) is 0 Å². The number of nitrogens with zero attached hydrogens (tertiary/aromatic N) is 1. The molecule has 28 heavy (non-hydrogen) atoms. The van der Waals surface area contributed by atoms with Crippen molar-refractivity contribution in [3.63, 3.8) is 0 Å². The van der Waals surface area contributed by atoms with Crippen LogP contribution in [0.15, 0.2) is 60.7 Å². The van der Waals surface area contributed by atoms with Crippen LogP contribution in [0.2, 0.25) is 0 Å². The number of rotatable bonds is 5. The summed E-state index contributed by atoms with van der Waals surface area (Å²) in [7, 11) is 4.16. The average molecular weight is 378 g/mol. The molecule has 3 rings (SSSR count). The van der Waals surface area contributed by atoms with E-state index in [0.29, 0.717) is 18.4 Å². The van der Waals surface area contributed by atoms with Crippen molar-refractivity contribution in [3.8, 4) is 6.07 Å². The number of hydrogen-bond acceptors (Lipinski definition) is 3. The summed E-state index contributed by atoms with van der Waals surface area (Å²) in [4.78, 5) is 14.1. The third-order valence-electron chi connectivity index (χ3n) is 5.78. The lowest BCUT2D eigenvalue weighted by Gasteiger charge is -2.33. The Morgan fingerprint density at radius 1 is 1.00 bits per heavy atom. The first kappa shape index (κ1) is 20.1. The molecule has 2 aromatic carbocycles. The average Bonchev–Trinajstić information content (AvgIpc) is 2.89. The lowest BCUT2D eigenvalue weighted by molar-refractivity contribution is -0.865. The van der Waals surface area contributed by atoms with Gasteiger partial charge in [0.2, 0.25) is 0 Å². The number of nitriles is 1. The molecular formula is C24H29N2O2+. The third kappa shape index (κ3) is 4.43. The quantitative estimate of drug-likeness (QED) is 0.643. The second-order valence-corrected chi connectivity index (χ2v) is 8.24. The van der Waals surface area contributed by atoms with Gasteiger partial charge in [-0.3, -0.25) is 0 Å². The van der Waals surface area contributed by atoms with E-state index >= 15 is 0 Å². The number of carbonyl (C=O) groups excluding carboxylic acids is 1. The summed E-state index contributed by atoms with van der Waals surface area (Å²) >= 11 is 0. The van der Waals surface area contributed by atoms with Gasteiger partial charge in [0.15, 0.2) is 5.60 Å². The monoisotopic (exact) mass is 377 g/mol. The smallest absolute Gasteiger partial charge is 0.338 e. The minimum atomic E-state index is -0.543. The molecular weight excluding hydrogens is 348 g/mol. The molecule has 0 heterocycles. The Morgan fingerprint density at radius 2 is 1.64 bits per heavy atom. The van der Waals surface area contributed by atoms with Crippen LogP contribution in [0.4, 0.5) is 0 Å². The van der Waals surface area contributed by atoms with Gasteiger partial charge in [0, 0.05) is 0 Å². The van der Waals surface area contributed by atoms with Crippen LogP contribution in [0, 0.1) is 11.3 Å². The Balaban J connectivity index is 1.86. The Labute approximate surface area is 167 Å². The first-order valence-electron chi connectivity index (χ1n) is 10.0. The fraction of sp³-hybridized carbons (Fsp3) is 0.417. The second kappa shape index (κ2) is 8.58. The van der Waals surface area contributed by atoms with Gasteiger partial charge < -0.3 is 9.64 Å². The topological polar surface area (TPSA) is 54.5 Å². The van der Waals surface area contributed by atoms with Crippen molar-refractivity contribution in [2.24, 2.45) is 0 Å². The van der Waals surface area contributed by atoms with E-state index in [2.05, 4.69) is 20.2 Å². The highest BCUT2D eigenvalue weighted by Gasteiger charge is 2.45. The number of esters is 1. The molecule has 2 atom stereocenters. The number of likely N-dealkylation sites (N-methyl/N-ethyl adjacent to an activating group) is 1. The Hall–Kier alpha value is -2.64. The fourth-order valence-electron chi connectivity index (χ4n) is 4.41. The van der Waals surface area contributed by atoms with Gasteiger partial charge >= 0.3 is 5.97 Å². The molecule has 0 spiro atoms. The molecule has 1 aliphatic rings. The van der Waals surface area contributed by atoms with E-state index < -0.39 is 11.0 Å². The minimum Gasteiger partial charge on any atom is -0.449 e. The van der Waals surface area contributed by atoms with Gasteiger partial charge in [-0.2, -0.15) is 5.26 Å². The molecule has 4 heteroatoms. The van der Waals surface area contributed by atoms with Crippen LogP contribution in [0.25, 0.3) is 0 Å². The molecule has 146 valence electrons. The minimum absolute atomic E-state index is 0.272. The number of quaternary nitrogens is 1. The molecule has 0 aliphatic heterocycles. The van der Waals surface area contributed by atoms with Gasteiger partial charge in [-0.05, 0) is 49.8 Å². The Morgan fingerprint density at radius 3 is 2.25 bits per heavy atom. The van der Waals surface area contributed by atoms with E-state index in [4.69, 9.17) is 4.74 Å². The van der Waals surface area contributed by atoms with Gasteiger partial charge in [-0.25, -0.2) is 4.79 Å². The molecule has 4 nitrogen and oxygen atoms in total. The van der Waals surface area contributed by atoms with Gasteiger partial charge in [-0.15, -0.1) is 0 Å². The second-order valence-electron chi connectivity index (χ2n) is 8.24. The summed E-state index contributed by atoms with van der Waals surface area (Å²) in [6.45, 7) is 0.738.